The van der Waals surface area contributed by atoms with Crippen molar-refractivity contribution < 1.29 is 22.7 Å². The summed E-state index contributed by atoms with van der Waals surface area (Å²) in [6.07, 6.45) is 0. The first-order valence-electron chi connectivity index (χ1n) is 6.39. The molecular weight excluding hydrogens is 297 g/mol. The number of hydrogen-bond donors (Lipinski definition) is 2. The molecule has 0 bridgehead atoms. The van der Waals surface area contributed by atoms with Gasteiger partial charge in [-0.15, -0.1) is 0 Å². The van der Waals surface area contributed by atoms with Crippen LogP contribution in [0.2, 0.25) is 0 Å². The van der Waals surface area contributed by atoms with Crippen LogP contribution in [0.5, 0.6) is 5.75 Å². The molecule has 0 atom stereocenters. The fraction of sp³-hybridized carbons (Fsp3) is 0.133. The summed E-state index contributed by atoms with van der Waals surface area (Å²) in [5, 5.41) is 2.35. The molecule has 0 fully saturated rings. The molecule has 0 aromatic heterocycles. The highest BCUT2D eigenvalue weighted by Gasteiger charge is 2.18. The van der Waals surface area contributed by atoms with E-state index in [1.54, 1.807) is 24.3 Å². The molecule has 2 aromatic carbocycles. The lowest BCUT2D eigenvalue weighted by Gasteiger charge is -2.09. The van der Waals surface area contributed by atoms with E-state index >= 15 is 0 Å². The van der Waals surface area contributed by atoms with Gasteiger partial charge < -0.3 is 15.8 Å². The molecule has 3 N–H and O–H groups in total. The predicted molar refractivity (Wildman–Crippen MR) is 75.0 cm³/mol. The molecule has 7 heteroatoms. The summed E-state index contributed by atoms with van der Waals surface area (Å²) in [5.41, 5.74) is 5.54. The number of nitrogen functional groups attached to an aromatic ring is 1. The van der Waals surface area contributed by atoms with Crippen LogP contribution in [-0.2, 0) is 0 Å². The summed E-state index contributed by atoms with van der Waals surface area (Å²) in [5.74, 6) is -4.88. The zero-order valence-corrected chi connectivity index (χ0v) is 11.4. The highest BCUT2D eigenvalue weighted by atomic mass is 19.2. The number of rotatable bonds is 5. The Morgan fingerprint density at radius 1 is 1.14 bits per heavy atom. The quantitative estimate of drug-likeness (QED) is 0.507. The summed E-state index contributed by atoms with van der Waals surface area (Å²) in [6.45, 7) is 0.173. The molecular formula is C15H13F3N2O2. The third-order valence-corrected chi connectivity index (χ3v) is 2.79. The summed E-state index contributed by atoms with van der Waals surface area (Å²) in [4.78, 5) is 11.7. The normalized spacial score (nSPS) is 10.3. The first kappa shape index (κ1) is 15.7. The van der Waals surface area contributed by atoms with Gasteiger partial charge in [0.15, 0.2) is 17.5 Å². The standard InChI is InChI=1S/C15H13F3N2O2/c16-12-5-4-11(13(17)14(12)18)15(21)20-6-7-22-10-3-1-2-9(19)8-10/h1-5,8H,6-7,19H2,(H,20,21). The number of halogens is 3. The van der Waals surface area contributed by atoms with Crippen LogP contribution in [0.3, 0.4) is 0 Å². The van der Waals surface area contributed by atoms with Crippen molar-refractivity contribution >= 4 is 11.6 Å². The molecule has 0 saturated heterocycles. The monoisotopic (exact) mass is 310 g/mol. The highest BCUT2D eigenvalue weighted by Crippen LogP contribution is 2.15. The van der Waals surface area contributed by atoms with E-state index < -0.39 is 28.9 Å². The molecule has 116 valence electrons. The Kier molecular flexibility index (Phi) is 4.88. The van der Waals surface area contributed by atoms with Gasteiger partial charge in [-0.05, 0) is 24.3 Å². The number of anilines is 1. The van der Waals surface area contributed by atoms with E-state index in [0.29, 0.717) is 17.5 Å². The van der Waals surface area contributed by atoms with Gasteiger partial charge in [-0.1, -0.05) is 6.07 Å². The lowest BCUT2D eigenvalue weighted by Crippen LogP contribution is -2.29. The number of nitrogens with one attached hydrogen (secondary N) is 1. The second-order valence-electron chi connectivity index (χ2n) is 4.40. The van der Waals surface area contributed by atoms with Crippen molar-refractivity contribution in [1.82, 2.24) is 5.32 Å². The van der Waals surface area contributed by atoms with Gasteiger partial charge in [0, 0.05) is 11.8 Å². The number of carbonyl (C=O) groups is 1. The molecule has 0 saturated carbocycles. The molecule has 0 aliphatic carbocycles. The fourth-order valence-electron chi connectivity index (χ4n) is 1.73. The van der Waals surface area contributed by atoms with E-state index in [2.05, 4.69) is 5.32 Å². The van der Waals surface area contributed by atoms with Crippen molar-refractivity contribution in [3.8, 4) is 5.75 Å². The Morgan fingerprint density at radius 3 is 2.64 bits per heavy atom. The van der Waals surface area contributed by atoms with E-state index in [1.165, 1.54) is 0 Å². The van der Waals surface area contributed by atoms with Crippen LogP contribution in [0.15, 0.2) is 36.4 Å². The van der Waals surface area contributed by atoms with Crippen LogP contribution in [0.4, 0.5) is 18.9 Å². The van der Waals surface area contributed by atoms with Gasteiger partial charge in [-0.2, -0.15) is 0 Å². The summed E-state index contributed by atoms with van der Waals surface area (Å²) in [7, 11) is 0. The van der Waals surface area contributed by atoms with Crippen molar-refractivity contribution in [2.45, 2.75) is 0 Å². The minimum atomic E-state index is -1.68. The molecule has 2 aromatic rings. The van der Waals surface area contributed by atoms with Crippen LogP contribution < -0.4 is 15.8 Å². The van der Waals surface area contributed by atoms with Gasteiger partial charge in [0.25, 0.3) is 5.91 Å². The molecule has 0 aliphatic rings. The van der Waals surface area contributed by atoms with E-state index in [9.17, 15) is 18.0 Å². The first-order chi connectivity index (χ1) is 10.5. The zero-order chi connectivity index (χ0) is 16.1. The van der Waals surface area contributed by atoms with E-state index in [4.69, 9.17) is 10.5 Å². The van der Waals surface area contributed by atoms with Crippen LogP contribution in [-0.4, -0.2) is 19.1 Å². The number of hydrogen-bond acceptors (Lipinski definition) is 3. The molecule has 0 spiro atoms. The number of carbonyl (C=O) groups excluding carboxylic acids is 1. The van der Waals surface area contributed by atoms with Crippen LogP contribution >= 0.6 is 0 Å². The van der Waals surface area contributed by atoms with E-state index in [1.807, 2.05) is 0 Å². The van der Waals surface area contributed by atoms with Gasteiger partial charge in [-0.3, -0.25) is 4.79 Å². The van der Waals surface area contributed by atoms with Gasteiger partial charge >= 0.3 is 0 Å². The predicted octanol–water partition coefficient (Wildman–Crippen LogP) is 2.49. The smallest absolute Gasteiger partial charge is 0.254 e. The van der Waals surface area contributed by atoms with Crippen molar-refractivity contribution in [2.75, 3.05) is 18.9 Å². The highest BCUT2D eigenvalue weighted by molar-refractivity contribution is 5.94. The van der Waals surface area contributed by atoms with E-state index in [0.717, 1.165) is 6.07 Å². The van der Waals surface area contributed by atoms with Crippen molar-refractivity contribution in [1.29, 1.82) is 0 Å². The van der Waals surface area contributed by atoms with Gasteiger partial charge in [0.05, 0.1) is 12.1 Å². The third kappa shape index (κ3) is 3.69. The maximum absolute atomic E-state index is 13.4. The summed E-state index contributed by atoms with van der Waals surface area (Å²) < 4.78 is 44.5. The third-order valence-electron chi connectivity index (χ3n) is 2.79. The lowest BCUT2D eigenvalue weighted by atomic mass is 10.2. The first-order valence-corrected chi connectivity index (χ1v) is 6.39. The maximum atomic E-state index is 13.4. The van der Waals surface area contributed by atoms with Gasteiger partial charge in [0.1, 0.15) is 12.4 Å². The van der Waals surface area contributed by atoms with E-state index in [-0.39, 0.29) is 13.2 Å². The topological polar surface area (TPSA) is 64.3 Å². The molecule has 2 rings (SSSR count). The van der Waals surface area contributed by atoms with Crippen molar-refractivity contribution in [3.05, 3.63) is 59.4 Å². The average molecular weight is 310 g/mol. The Balaban J connectivity index is 1.87. The number of benzene rings is 2. The Labute approximate surface area is 124 Å². The van der Waals surface area contributed by atoms with Crippen LogP contribution in [0, 0.1) is 17.5 Å². The number of amides is 1. The second-order valence-corrected chi connectivity index (χ2v) is 4.40. The Hall–Kier alpha value is -2.70. The number of nitrogens with two attached hydrogens (primary N) is 1. The molecule has 0 aliphatic heterocycles. The Morgan fingerprint density at radius 2 is 1.91 bits per heavy atom. The molecule has 0 unspecified atom stereocenters. The summed E-state index contributed by atoms with van der Waals surface area (Å²) in [6, 6.07) is 8.27. The maximum Gasteiger partial charge on any atom is 0.254 e. The van der Waals surface area contributed by atoms with Crippen molar-refractivity contribution in [2.24, 2.45) is 0 Å². The van der Waals surface area contributed by atoms with Gasteiger partial charge in [0.2, 0.25) is 0 Å². The molecule has 1 amide bonds. The van der Waals surface area contributed by atoms with Crippen molar-refractivity contribution in [3.63, 3.8) is 0 Å². The molecule has 22 heavy (non-hydrogen) atoms. The largest absolute Gasteiger partial charge is 0.492 e. The number of ether oxygens (including phenoxy) is 1. The second kappa shape index (κ2) is 6.84. The molecule has 0 heterocycles. The summed E-state index contributed by atoms with van der Waals surface area (Å²) >= 11 is 0. The molecule has 4 nitrogen and oxygen atoms in total. The van der Waals surface area contributed by atoms with Crippen LogP contribution in [0.1, 0.15) is 10.4 Å². The Bertz CT molecular complexity index is 692. The van der Waals surface area contributed by atoms with Gasteiger partial charge in [-0.25, -0.2) is 13.2 Å². The van der Waals surface area contributed by atoms with Crippen LogP contribution in [0.25, 0.3) is 0 Å². The molecule has 0 radical (unpaired) electrons. The zero-order valence-electron chi connectivity index (χ0n) is 11.4. The minimum Gasteiger partial charge on any atom is -0.492 e. The lowest BCUT2D eigenvalue weighted by molar-refractivity contribution is 0.0941. The average Bonchev–Trinajstić information content (AvgIpc) is 2.49. The minimum absolute atomic E-state index is 0.0616. The fourth-order valence-corrected chi connectivity index (χ4v) is 1.73. The SMILES string of the molecule is Nc1cccc(OCCNC(=O)c2ccc(F)c(F)c2F)c1.